The maximum absolute atomic E-state index is 11.9. The second-order valence-corrected chi connectivity index (χ2v) is 5.12. The zero-order valence-corrected chi connectivity index (χ0v) is 11.9. The second kappa shape index (κ2) is 5.94. The fourth-order valence-corrected chi connectivity index (χ4v) is 2.25. The molecule has 0 atom stereocenters. The summed E-state index contributed by atoms with van der Waals surface area (Å²) in [7, 11) is 0. The molecule has 1 fully saturated rings. The number of esters is 1. The highest BCUT2D eigenvalue weighted by molar-refractivity contribution is 5.92. The number of hydrogen-bond donors (Lipinski definition) is 1. The van der Waals surface area contributed by atoms with Crippen LogP contribution in [0.2, 0.25) is 0 Å². The first-order valence-corrected chi connectivity index (χ1v) is 6.85. The first-order valence-electron chi connectivity index (χ1n) is 6.85. The van der Waals surface area contributed by atoms with Gasteiger partial charge in [0.15, 0.2) is 6.61 Å². The lowest BCUT2D eigenvalue weighted by Gasteiger charge is -2.20. The maximum Gasteiger partial charge on any atom is 0.338 e. The molecule has 5 nitrogen and oxygen atoms in total. The van der Waals surface area contributed by atoms with Crippen LogP contribution in [0.1, 0.15) is 35.7 Å². The molecule has 108 valence electrons. The average molecular weight is 276 g/mol. The number of nitrogens with zero attached hydrogens (tertiary/aromatic N) is 1. The van der Waals surface area contributed by atoms with Crippen LogP contribution in [0.5, 0.6) is 0 Å². The van der Waals surface area contributed by atoms with Crippen molar-refractivity contribution >= 4 is 17.6 Å². The molecule has 2 N–H and O–H groups in total. The van der Waals surface area contributed by atoms with Gasteiger partial charge in [-0.3, -0.25) is 4.79 Å². The zero-order valence-electron chi connectivity index (χ0n) is 11.9. The van der Waals surface area contributed by atoms with E-state index >= 15 is 0 Å². The van der Waals surface area contributed by atoms with Crippen molar-refractivity contribution in [1.29, 1.82) is 0 Å². The molecule has 20 heavy (non-hydrogen) atoms. The van der Waals surface area contributed by atoms with Gasteiger partial charge in [0.1, 0.15) is 0 Å². The molecule has 0 radical (unpaired) electrons. The summed E-state index contributed by atoms with van der Waals surface area (Å²) in [5, 5.41) is 0. The predicted octanol–water partition coefficient (Wildman–Crippen LogP) is 1.74. The number of carbonyl (C=O) groups is 2. The monoisotopic (exact) mass is 276 g/mol. The van der Waals surface area contributed by atoms with Gasteiger partial charge in [-0.2, -0.15) is 0 Å². The molecule has 1 aromatic carbocycles. The van der Waals surface area contributed by atoms with Gasteiger partial charge in [0.25, 0.3) is 5.91 Å². The predicted molar refractivity (Wildman–Crippen MR) is 76.3 cm³/mol. The van der Waals surface area contributed by atoms with E-state index in [4.69, 9.17) is 10.5 Å². The number of hydrogen-bond acceptors (Lipinski definition) is 4. The van der Waals surface area contributed by atoms with Crippen molar-refractivity contribution in [2.75, 3.05) is 18.9 Å². The Morgan fingerprint density at radius 1 is 1.35 bits per heavy atom. The molecular formula is C15H20N2O3. The molecule has 1 saturated carbocycles. The second-order valence-electron chi connectivity index (χ2n) is 5.12. The van der Waals surface area contributed by atoms with Gasteiger partial charge in [-0.1, -0.05) is 0 Å². The van der Waals surface area contributed by atoms with Crippen LogP contribution in [0.3, 0.4) is 0 Å². The van der Waals surface area contributed by atoms with Crippen LogP contribution < -0.4 is 5.73 Å². The van der Waals surface area contributed by atoms with Crippen molar-refractivity contribution in [3.05, 3.63) is 29.3 Å². The minimum Gasteiger partial charge on any atom is -0.452 e. The summed E-state index contributed by atoms with van der Waals surface area (Å²) in [5.74, 6) is -0.649. The van der Waals surface area contributed by atoms with E-state index in [0.717, 1.165) is 18.4 Å². The van der Waals surface area contributed by atoms with E-state index in [2.05, 4.69) is 0 Å². The smallest absolute Gasteiger partial charge is 0.338 e. The number of benzene rings is 1. The highest BCUT2D eigenvalue weighted by Gasteiger charge is 2.31. The molecule has 0 aromatic heterocycles. The van der Waals surface area contributed by atoms with E-state index in [9.17, 15) is 9.59 Å². The van der Waals surface area contributed by atoms with Crippen LogP contribution in [-0.4, -0.2) is 36.0 Å². The normalized spacial score (nSPS) is 13.9. The summed E-state index contributed by atoms with van der Waals surface area (Å²) >= 11 is 0. The van der Waals surface area contributed by atoms with Crippen LogP contribution in [0, 0.1) is 6.92 Å². The fraction of sp³-hybridized carbons (Fsp3) is 0.467. The van der Waals surface area contributed by atoms with E-state index in [-0.39, 0.29) is 12.5 Å². The number of ether oxygens (including phenoxy) is 1. The summed E-state index contributed by atoms with van der Waals surface area (Å²) in [6.45, 7) is 4.22. The van der Waals surface area contributed by atoms with Crippen molar-refractivity contribution in [2.24, 2.45) is 0 Å². The van der Waals surface area contributed by atoms with Gasteiger partial charge in [0, 0.05) is 18.3 Å². The number of likely N-dealkylation sites (N-methyl/N-ethyl adjacent to an activating group) is 1. The maximum atomic E-state index is 11.9. The lowest BCUT2D eigenvalue weighted by Crippen LogP contribution is -2.36. The Bertz CT molecular complexity index is 504. The van der Waals surface area contributed by atoms with Crippen LogP contribution in [0.25, 0.3) is 0 Å². The van der Waals surface area contributed by atoms with E-state index in [1.165, 1.54) is 0 Å². The third-order valence-corrected chi connectivity index (χ3v) is 3.31. The Morgan fingerprint density at radius 3 is 2.60 bits per heavy atom. The van der Waals surface area contributed by atoms with Crippen LogP contribution in [0.4, 0.5) is 5.69 Å². The third kappa shape index (κ3) is 3.50. The Labute approximate surface area is 118 Å². The quantitative estimate of drug-likeness (QED) is 0.657. The van der Waals surface area contributed by atoms with Crippen molar-refractivity contribution in [3.63, 3.8) is 0 Å². The number of anilines is 1. The Hall–Kier alpha value is -2.04. The largest absolute Gasteiger partial charge is 0.452 e. The topological polar surface area (TPSA) is 72.6 Å². The van der Waals surface area contributed by atoms with Gasteiger partial charge in [-0.15, -0.1) is 0 Å². The number of rotatable bonds is 5. The standard InChI is InChI=1S/C15H20N2O3/c1-3-17(13-4-5-13)14(18)9-20-15(19)11-6-10(2)7-12(16)8-11/h6-8,13H,3-5,9,16H2,1-2H3. The fourth-order valence-electron chi connectivity index (χ4n) is 2.25. The van der Waals surface area contributed by atoms with Gasteiger partial charge >= 0.3 is 5.97 Å². The Morgan fingerprint density at radius 2 is 2.05 bits per heavy atom. The van der Waals surface area contributed by atoms with Gasteiger partial charge in [0.05, 0.1) is 5.56 Å². The highest BCUT2D eigenvalue weighted by Crippen LogP contribution is 2.26. The molecule has 0 unspecified atom stereocenters. The summed E-state index contributed by atoms with van der Waals surface area (Å²) in [5.41, 5.74) is 7.46. The molecular weight excluding hydrogens is 256 g/mol. The minimum atomic E-state index is -0.513. The van der Waals surface area contributed by atoms with Gasteiger partial charge in [0.2, 0.25) is 0 Å². The van der Waals surface area contributed by atoms with Crippen LogP contribution in [-0.2, 0) is 9.53 Å². The molecule has 1 aromatic rings. The lowest BCUT2D eigenvalue weighted by molar-refractivity contribution is -0.134. The summed E-state index contributed by atoms with van der Waals surface area (Å²) in [6, 6.07) is 5.36. The number of nitrogens with two attached hydrogens (primary N) is 1. The third-order valence-electron chi connectivity index (χ3n) is 3.31. The molecule has 5 heteroatoms. The average Bonchev–Trinajstić information content (AvgIpc) is 3.20. The molecule has 0 bridgehead atoms. The molecule has 0 aliphatic heterocycles. The van der Waals surface area contributed by atoms with Crippen molar-refractivity contribution < 1.29 is 14.3 Å². The summed E-state index contributed by atoms with van der Waals surface area (Å²) in [6.07, 6.45) is 2.09. The SMILES string of the molecule is CCN(C(=O)COC(=O)c1cc(C)cc(N)c1)C1CC1. The molecule has 0 spiro atoms. The van der Waals surface area contributed by atoms with Crippen molar-refractivity contribution in [2.45, 2.75) is 32.7 Å². The Kier molecular flexibility index (Phi) is 4.27. The molecule has 1 amide bonds. The van der Waals surface area contributed by atoms with Gasteiger partial charge < -0.3 is 15.4 Å². The first kappa shape index (κ1) is 14.4. The number of carbonyl (C=O) groups excluding carboxylic acids is 2. The van der Waals surface area contributed by atoms with Crippen LogP contribution >= 0.6 is 0 Å². The number of nitrogen functional groups attached to an aromatic ring is 1. The number of aryl methyl sites for hydroxylation is 1. The van der Waals surface area contributed by atoms with Crippen molar-refractivity contribution in [1.82, 2.24) is 4.90 Å². The molecule has 1 aliphatic carbocycles. The zero-order chi connectivity index (χ0) is 14.7. The Balaban J connectivity index is 1.92. The molecule has 2 rings (SSSR count). The highest BCUT2D eigenvalue weighted by atomic mass is 16.5. The van der Waals surface area contributed by atoms with E-state index in [0.29, 0.717) is 23.8 Å². The van der Waals surface area contributed by atoms with E-state index in [1.807, 2.05) is 13.8 Å². The minimum absolute atomic E-state index is 0.135. The van der Waals surface area contributed by atoms with Crippen molar-refractivity contribution in [3.8, 4) is 0 Å². The van der Waals surface area contributed by atoms with E-state index in [1.54, 1.807) is 23.1 Å². The summed E-state index contributed by atoms with van der Waals surface area (Å²) < 4.78 is 5.07. The first-order chi connectivity index (χ1) is 9.51. The van der Waals surface area contributed by atoms with Crippen LogP contribution in [0.15, 0.2) is 18.2 Å². The molecule has 0 heterocycles. The molecule has 1 aliphatic rings. The summed E-state index contributed by atoms with van der Waals surface area (Å²) in [4.78, 5) is 25.6. The number of amides is 1. The van der Waals surface area contributed by atoms with Gasteiger partial charge in [-0.05, 0) is 50.5 Å². The lowest BCUT2D eigenvalue weighted by atomic mass is 10.1. The van der Waals surface area contributed by atoms with E-state index < -0.39 is 5.97 Å². The molecule has 0 saturated heterocycles. The van der Waals surface area contributed by atoms with Gasteiger partial charge in [-0.25, -0.2) is 4.79 Å².